The molecular weight excluding hydrogens is 392 g/mol. The summed E-state index contributed by atoms with van der Waals surface area (Å²) in [5, 5.41) is 14.1. The smallest absolute Gasteiger partial charge is 0.329 e. The van der Waals surface area contributed by atoms with Crippen LogP contribution >= 0.6 is 11.6 Å². The van der Waals surface area contributed by atoms with Crippen LogP contribution in [0.3, 0.4) is 0 Å². The highest BCUT2D eigenvalue weighted by Gasteiger charge is 2.42. The first-order valence-corrected chi connectivity index (χ1v) is 9.59. The molecule has 9 heteroatoms. The quantitative estimate of drug-likeness (QED) is 0.673. The average Bonchev–Trinajstić information content (AvgIpc) is 3.12. The van der Waals surface area contributed by atoms with Gasteiger partial charge in [0.1, 0.15) is 11.4 Å². The van der Waals surface area contributed by atoms with E-state index in [0.29, 0.717) is 34.6 Å². The number of hydrogen-bond acceptors (Lipinski definition) is 6. The fraction of sp³-hybridized carbons (Fsp3) is 0.200. The van der Waals surface area contributed by atoms with Crippen LogP contribution in [0.25, 0.3) is 11.3 Å². The van der Waals surface area contributed by atoms with E-state index in [-0.39, 0.29) is 17.8 Å². The molecule has 2 aliphatic heterocycles. The van der Waals surface area contributed by atoms with Crippen molar-refractivity contribution in [3.63, 3.8) is 0 Å². The second-order valence-electron chi connectivity index (χ2n) is 6.99. The van der Waals surface area contributed by atoms with Crippen molar-refractivity contribution in [2.24, 2.45) is 0 Å². The van der Waals surface area contributed by atoms with Crippen molar-refractivity contribution in [2.75, 3.05) is 28.2 Å². The minimum absolute atomic E-state index is 0.0410. The number of carbonyl (C=O) groups excluding carboxylic acids is 1. The Morgan fingerprint density at radius 3 is 2.97 bits per heavy atom. The topological polar surface area (TPSA) is 94.5 Å². The summed E-state index contributed by atoms with van der Waals surface area (Å²) in [6.07, 6.45) is 5.32. The molecule has 0 unspecified atom stereocenters. The van der Waals surface area contributed by atoms with Gasteiger partial charge in [-0.3, -0.25) is 15.2 Å². The van der Waals surface area contributed by atoms with Gasteiger partial charge in [0.25, 0.3) is 0 Å². The molecule has 8 nitrogen and oxygen atoms in total. The average molecular weight is 409 g/mol. The summed E-state index contributed by atoms with van der Waals surface area (Å²) >= 11 is 6.12. The summed E-state index contributed by atoms with van der Waals surface area (Å²) in [6, 6.07) is 8.45. The van der Waals surface area contributed by atoms with Crippen molar-refractivity contribution >= 4 is 35.0 Å². The third kappa shape index (κ3) is 3.11. The Hall–Kier alpha value is -3.39. The Morgan fingerprint density at radius 1 is 1.28 bits per heavy atom. The molecule has 1 atom stereocenters. The first kappa shape index (κ1) is 17.7. The molecular formula is C20H17ClN6O2. The molecule has 2 aromatic heterocycles. The van der Waals surface area contributed by atoms with Crippen LogP contribution in [0.5, 0.6) is 5.75 Å². The predicted octanol–water partition coefficient (Wildman–Crippen LogP) is 3.53. The molecule has 1 fully saturated rings. The number of benzene rings is 1. The molecule has 0 saturated carbocycles. The van der Waals surface area contributed by atoms with Gasteiger partial charge in [-0.25, -0.2) is 14.8 Å². The van der Waals surface area contributed by atoms with E-state index in [1.807, 2.05) is 12.1 Å². The first-order valence-electron chi connectivity index (χ1n) is 9.21. The lowest BCUT2D eigenvalue weighted by molar-refractivity contribution is 0.254. The largest absolute Gasteiger partial charge is 0.506 e. The van der Waals surface area contributed by atoms with E-state index < -0.39 is 0 Å². The van der Waals surface area contributed by atoms with Crippen LogP contribution in [0.4, 0.5) is 22.1 Å². The number of aromatic nitrogens is 3. The Kier molecular flexibility index (Phi) is 4.21. The summed E-state index contributed by atoms with van der Waals surface area (Å²) in [5.41, 5.74) is 1.88. The van der Waals surface area contributed by atoms with Crippen molar-refractivity contribution in [3.05, 3.63) is 53.9 Å². The molecule has 3 aromatic rings. The monoisotopic (exact) mass is 408 g/mol. The minimum atomic E-state index is -0.353. The molecule has 2 bridgehead atoms. The van der Waals surface area contributed by atoms with Crippen LogP contribution in [0.1, 0.15) is 6.42 Å². The van der Waals surface area contributed by atoms with Gasteiger partial charge in [0.15, 0.2) is 11.6 Å². The molecule has 1 saturated heterocycles. The fourth-order valence-corrected chi connectivity index (χ4v) is 4.09. The van der Waals surface area contributed by atoms with Crippen LogP contribution in [-0.2, 0) is 0 Å². The maximum Gasteiger partial charge on any atom is 0.329 e. The van der Waals surface area contributed by atoms with Crippen molar-refractivity contribution in [2.45, 2.75) is 12.5 Å². The maximum absolute atomic E-state index is 13.1. The lowest BCUT2D eigenvalue weighted by Gasteiger charge is -2.36. The lowest BCUT2D eigenvalue weighted by Crippen LogP contribution is -2.48. The van der Waals surface area contributed by atoms with Crippen LogP contribution < -0.4 is 15.1 Å². The van der Waals surface area contributed by atoms with Gasteiger partial charge in [0.05, 0.1) is 17.9 Å². The van der Waals surface area contributed by atoms with E-state index in [0.717, 1.165) is 18.5 Å². The SMILES string of the molecule is O=C(Nc1cnccn1)N1c2nc(-c3cccc(Cl)c3)cc(O)c2N2CC[C@H]1C2. The van der Waals surface area contributed by atoms with Gasteiger partial charge in [0.2, 0.25) is 0 Å². The van der Waals surface area contributed by atoms with E-state index in [1.54, 1.807) is 23.1 Å². The second-order valence-corrected chi connectivity index (χ2v) is 7.42. The van der Waals surface area contributed by atoms with Gasteiger partial charge in [0, 0.05) is 42.1 Å². The molecule has 2 N–H and O–H groups in total. The number of anilines is 3. The summed E-state index contributed by atoms with van der Waals surface area (Å²) in [6.45, 7) is 1.39. The number of aromatic hydroxyl groups is 1. The molecule has 4 heterocycles. The van der Waals surface area contributed by atoms with Gasteiger partial charge in [-0.15, -0.1) is 0 Å². The number of nitrogens with one attached hydrogen (secondary N) is 1. The van der Waals surface area contributed by atoms with Gasteiger partial charge in [-0.1, -0.05) is 23.7 Å². The van der Waals surface area contributed by atoms with Gasteiger partial charge in [-0.2, -0.15) is 0 Å². The number of rotatable bonds is 2. The summed E-state index contributed by atoms with van der Waals surface area (Å²) in [7, 11) is 0. The van der Waals surface area contributed by atoms with Crippen molar-refractivity contribution < 1.29 is 9.90 Å². The van der Waals surface area contributed by atoms with Crippen molar-refractivity contribution in [3.8, 4) is 17.0 Å². The number of urea groups is 1. The number of amides is 2. The highest BCUT2D eigenvalue weighted by molar-refractivity contribution is 6.30. The Balaban J connectivity index is 1.59. The van der Waals surface area contributed by atoms with Crippen LogP contribution in [0.2, 0.25) is 5.02 Å². The number of carbonyl (C=O) groups is 1. The van der Waals surface area contributed by atoms with E-state index >= 15 is 0 Å². The zero-order valence-electron chi connectivity index (χ0n) is 15.3. The Bertz CT molecular complexity index is 1090. The molecule has 0 aliphatic carbocycles. The number of hydrogen-bond donors (Lipinski definition) is 2. The summed E-state index contributed by atoms with van der Waals surface area (Å²) in [4.78, 5) is 29.6. The van der Waals surface area contributed by atoms with Crippen LogP contribution in [0.15, 0.2) is 48.9 Å². The Labute approximate surface area is 171 Å². The highest BCUT2D eigenvalue weighted by atomic mass is 35.5. The fourth-order valence-electron chi connectivity index (χ4n) is 3.90. The second kappa shape index (κ2) is 6.89. The normalized spacial score (nSPS) is 17.2. The number of fused-ring (bicyclic) bond motifs is 4. The van der Waals surface area contributed by atoms with Gasteiger partial charge in [-0.05, 0) is 18.6 Å². The number of pyridine rings is 1. The molecule has 146 valence electrons. The molecule has 29 heavy (non-hydrogen) atoms. The van der Waals surface area contributed by atoms with E-state index in [2.05, 4.69) is 20.2 Å². The predicted molar refractivity (Wildman–Crippen MR) is 110 cm³/mol. The molecule has 1 aromatic carbocycles. The van der Waals surface area contributed by atoms with E-state index in [9.17, 15) is 9.90 Å². The summed E-state index contributed by atoms with van der Waals surface area (Å²) in [5.74, 6) is 0.868. The zero-order chi connectivity index (χ0) is 20.0. The first-order chi connectivity index (χ1) is 14.1. The standard InChI is InChI=1S/C20H17ClN6O2/c21-13-3-1-2-12(8-13)15-9-16(28)18-19(24-15)27(14-4-7-26(18)11-14)20(29)25-17-10-22-5-6-23-17/h1-3,5-6,8-10,14H,4,7,11H2,(H,24,28)(H,23,25,29)/t14-/m0/s1. The number of nitrogens with zero attached hydrogens (tertiary/aromatic N) is 5. The third-order valence-electron chi connectivity index (χ3n) is 5.16. The van der Waals surface area contributed by atoms with E-state index in [1.165, 1.54) is 18.6 Å². The molecule has 2 amide bonds. The van der Waals surface area contributed by atoms with Crippen molar-refractivity contribution in [1.82, 2.24) is 15.0 Å². The number of halogens is 1. The minimum Gasteiger partial charge on any atom is -0.506 e. The molecule has 0 radical (unpaired) electrons. The van der Waals surface area contributed by atoms with Crippen molar-refractivity contribution in [1.29, 1.82) is 0 Å². The van der Waals surface area contributed by atoms with Gasteiger partial charge >= 0.3 is 6.03 Å². The maximum atomic E-state index is 13.1. The van der Waals surface area contributed by atoms with E-state index in [4.69, 9.17) is 16.6 Å². The Morgan fingerprint density at radius 2 is 2.17 bits per heavy atom. The molecule has 0 spiro atoms. The van der Waals surface area contributed by atoms with Crippen LogP contribution in [0, 0.1) is 0 Å². The molecule has 2 aliphatic rings. The van der Waals surface area contributed by atoms with Gasteiger partial charge < -0.3 is 10.0 Å². The molecule has 5 rings (SSSR count). The lowest BCUT2D eigenvalue weighted by atomic mass is 10.1. The summed E-state index contributed by atoms with van der Waals surface area (Å²) < 4.78 is 0. The highest BCUT2D eigenvalue weighted by Crippen LogP contribution is 2.46. The third-order valence-corrected chi connectivity index (χ3v) is 5.40. The zero-order valence-corrected chi connectivity index (χ0v) is 16.0. The van der Waals surface area contributed by atoms with Crippen LogP contribution in [-0.4, -0.2) is 45.2 Å².